The van der Waals surface area contributed by atoms with Crippen LogP contribution in [0, 0.1) is 0 Å². The zero-order valence-corrected chi connectivity index (χ0v) is 15.4. The van der Waals surface area contributed by atoms with E-state index in [4.69, 9.17) is 14.2 Å². The Morgan fingerprint density at radius 2 is 1.67 bits per heavy atom. The van der Waals surface area contributed by atoms with Crippen LogP contribution in [0.5, 0.6) is 11.5 Å². The number of nitrogens with one attached hydrogen (secondary N) is 1. The summed E-state index contributed by atoms with van der Waals surface area (Å²) < 4.78 is 16.6. The molecule has 2 aliphatic heterocycles. The van der Waals surface area contributed by atoms with Crippen LogP contribution in [0.2, 0.25) is 0 Å². The Morgan fingerprint density at radius 1 is 0.963 bits per heavy atom. The number of hydrogen-bond donors (Lipinski definition) is 1. The van der Waals surface area contributed by atoms with E-state index in [9.17, 15) is 4.79 Å². The van der Waals surface area contributed by atoms with Gasteiger partial charge in [0.25, 0.3) is 5.91 Å². The number of morpholine rings is 1. The summed E-state index contributed by atoms with van der Waals surface area (Å²) in [6.07, 6.45) is 0. The molecular weight excluding hydrogens is 344 g/mol. The van der Waals surface area contributed by atoms with E-state index in [1.807, 2.05) is 49.4 Å². The third-order valence-corrected chi connectivity index (χ3v) is 4.92. The number of fused-ring (bicyclic) bond motifs is 1. The number of hydrogen-bond acceptors (Lipinski definition) is 5. The first kappa shape index (κ1) is 17.7. The van der Waals surface area contributed by atoms with Crippen LogP contribution in [0.3, 0.4) is 0 Å². The number of carbonyl (C=O) groups excluding carboxylic acids is 1. The first-order valence-corrected chi connectivity index (χ1v) is 9.34. The molecule has 2 aromatic rings. The number of amides is 1. The lowest BCUT2D eigenvalue weighted by Crippen LogP contribution is -2.36. The molecule has 1 fully saturated rings. The summed E-state index contributed by atoms with van der Waals surface area (Å²) in [5.74, 6) is 1.39. The van der Waals surface area contributed by atoms with Gasteiger partial charge in [-0.2, -0.15) is 0 Å². The van der Waals surface area contributed by atoms with Gasteiger partial charge in [-0.1, -0.05) is 6.07 Å². The molecule has 142 valence electrons. The lowest BCUT2D eigenvalue weighted by atomic mass is 10.1. The summed E-state index contributed by atoms with van der Waals surface area (Å²) >= 11 is 0. The van der Waals surface area contributed by atoms with Crippen molar-refractivity contribution in [2.45, 2.75) is 13.0 Å². The van der Waals surface area contributed by atoms with Crippen LogP contribution in [0.4, 0.5) is 5.69 Å². The molecule has 1 atom stereocenters. The normalized spacial score (nSPS) is 17.3. The zero-order valence-electron chi connectivity index (χ0n) is 15.4. The molecule has 0 aliphatic carbocycles. The van der Waals surface area contributed by atoms with Gasteiger partial charge in [0, 0.05) is 24.3 Å². The Balaban J connectivity index is 1.40. The van der Waals surface area contributed by atoms with Crippen LogP contribution in [-0.4, -0.2) is 45.4 Å². The summed E-state index contributed by atoms with van der Waals surface area (Å²) in [6, 6.07) is 13.4. The average molecular weight is 368 g/mol. The minimum atomic E-state index is -0.132. The van der Waals surface area contributed by atoms with Crippen molar-refractivity contribution in [1.29, 1.82) is 0 Å². The highest BCUT2D eigenvalue weighted by molar-refractivity contribution is 5.94. The molecule has 1 saturated heterocycles. The fourth-order valence-corrected chi connectivity index (χ4v) is 3.34. The lowest BCUT2D eigenvalue weighted by Gasteiger charge is -2.28. The Labute approximate surface area is 159 Å². The number of ether oxygens (including phenoxy) is 3. The summed E-state index contributed by atoms with van der Waals surface area (Å²) in [5, 5.41) is 3.05. The van der Waals surface area contributed by atoms with Gasteiger partial charge < -0.3 is 24.4 Å². The standard InChI is InChI=1S/C21H24N2O4/c1-15(17-4-7-19-20(14-17)27-13-12-26-19)22-21(24)16-2-5-18(6-3-16)23-8-10-25-11-9-23/h2-7,14-15H,8-13H2,1H3,(H,22,24)/t15-/m1/s1. The molecule has 0 unspecified atom stereocenters. The van der Waals surface area contributed by atoms with E-state index >= 15 is 0 Å². The highest BCUT2D eigenvalue weighted by Crippen LogP contribution is 2.32. The maximum Gasteiger partial charge on any atom is 0.251 e. The van der Waals surface area contributed by atoms with Crippen molar-refractivity contribution in [3.63, 3.8) is 0 Å². The van der Waals surface area contributed by atoms with E-state index in [1.54, 1.807) is 0 Å². The van der Waals surface area contributed by atoms with Crippen LogP contribution in [0.15, 0.2) is 42.5 Å². The van der Waals surface area contributed by atoms with Gasteiger partial charge in [-0.05, 0) is 48.9 Å². The maximum absolute atomic E-state index is 12.6. The lowest BCUT2D eigenvalue weighted by molar-refractivity contribution is 0.0939. The molecule has 0 bridgehead atoms. The van der Waals surface area contributed by atoms with Gasteiger partial charge in [-0.3, -0.25) is 4.79 Å². The van der Waals surface area contributed by atoms with Crippen molar-refractivity contribution < 1.29 is 19.0 Å². The zero-order chi connectivity index (χ0) is 18.6. The molecule has 1 N–H and O–H groups in total. The number of benzene rings is 2. The number of carbonyl (C=O) groups is 1. The van der Waals surface area contributed by atoms with E-state index in [2.05, 4.69) is 10.2 Å². The second-order valence-corrected chi connectivity index (χ2v) is 6.74. The molecular formula is C21H24N2O4. The topological polar surface area (TPSA) is 60.0 Å². The van der Waals surface area contributed by atoms with Crippen LogP contribution < -0.4 is 19.7 Å². The predicted molar refractivity (Wildman–Crippen MR) is 103 cm³/mol. The van der Waals surface area contributed by atoms with Crippen molar-refractivity contribution >= 4 is 11.6 Å². The van der Waals surface area contributed by atoms with Gasteiger partial charge in [-0.15, -0.1) is 0 Å². The van der Waals surface area contributed by atoms with Crippen molar-refractivity contribution in [3.8, 4) is 11.5 Å². The Hall–Kier alpha value is -2.73. The smallest absolute Gasteiger partial charge is 0.251 e. The number of anilines is 1. The molecule has 2 aliphatic rings. The maximum atomic E-state index is 12.6. The van der Waals surface area contributed by atoms with Crippen LogP contribution in [0.25, 0.3) is 0 Å². The summed E-state index contributed by atoms with van der Waals surface area (Å²) in [6.45, 7) is 6.33. The Morgan fingerprint density at radius 3 is 2.41 bits per heavy atom. The van der Waals surface area contributed by atoms with Gasteiger partial charge in [0.05, 0.1) is 19.3 Å². The molecule has 1 amide bonds. The Kier molecular flexibility index (Phi) is 5.16. The van der Waals surface area contributed by atoms with Crippen molar-refractivity contribution in [2.75, 3.05) is 44.4 Å². The molecule has 6 nitrogen and oxygen atoms in total. The van der Waals surface area contributed by atoms with Gasteiger partial charge in [0.2, 0.25) is 0 Å². The van der Waals surface area contributed by atoms with Crippen LogP contribution in [0.1, 0.15) is 28.9 Å². The highest BCUT2D eigenvalue weighted by atomic mass is 16.6. The van der Waals surface area contributed by atoms with Gasteiger partial charge in [-0.25, -0.2) is 0 Å². The molecule has 0 saturated carbocycles. The third kappa shape index (κ3) is 4.01. The Bertz CT molecular complexity index is 800. The molecule has 0 spiro atoms. The first-order valence-electron chi connectivity index (χ1n) is 9.34. The minimum Gasteiger partial charge on any atom is -0.486 e. The van der Waals surface area contributed by atoms with Gasteiger partial charge >= 0.3 is 0 Å². The molecule has 0 radical (unpaired) electrons. The summed E-state index contributed by atoms with van der Waals surface area (Å²) in [5.41, 5.74) is 2.75. The van der Waals surface area contributed by atoms with Crippen molar-refractivity contribution in [3.05, 3.63) is 53.6 Å². The molecule has 4 rings (SSSR count). The quantitative estimate of drug-likeness (QED) is 0.899. The minimum absolute atomic E-state index is 0.0917. The van der Waals surface area contributed by atoms with E-state index < -0.39 is 0 Å². The second-order valence-electron chi connectivity index (χ2n) is 6.74. The van der Waals surface area contributed by atoms with E-state index in [1.165, 1.54) is 0 Å². The van der Waals surface area contributed by atoms with Gasteiger partial charge in [0.15, 0.2) is 11.5 Å². The van der Waals surface area contributed by atoms with Crippen molar-refractivity contribution in [1.82, 2.24) is 5.32 Å². The molecule has 2 aromatic carbocycles. The second kappa shape index (κ2) is 7.88. The SMILES string of the molecule is C[C@@H](NC(=O)c1ccc(N2CCOCC2)cc1)c1ccc2c(c1)OCCO2. The van der Waals surface area contributed by atoms with E-state index in [0.29, 0.717) is 18.8 Å². The highest BCUT2D eigenvalue weighted by Gasteiger charge is 2.17. The molecule has 6 heteroatoms. The van der Waals surface area contributed by atoms with E-state index in [-0.39, 0.29) is 11.9 Å². The van der Waals surface area contributed by atoms with E-state index in [0.717, 1.165) is 49.1 Å². The summed E-state index contributed by atoms with van der Waals surface area (Å²) in [4.78, 5) is 14.9. The van der Waals surface area contributed by atoms with Crippen molar-refractivity contribution in [2.24, 2.45) is 0 Å². The summed E-state index contributed by atoms with van der Waals surface area (Å²) in [7, 11) is 0. The largest absolute Gasteiger partial charge is 0.486 e. The third-order valence-electron chi connectivity index (χ3n) is 4.92. The number of rotatable bonds is 4. The molecule has 0 aromatic heterocycles. The average Bonchev–Trinajstić information content (AvgIpc) is 2.74. The first-order chi connectivity index (χ1) is 13.2. The fraction of sp³-hybridized carbons (Fsp3) is 0.381. The van der Waals surface area contributed by atoms with Crippen LogP contribution in [-0.2, 0) is 4.74 Å². The fourth-order valence-electron chi connectivity index (χ4n) is 3.34. The van der Waals surface area contributed by atoms with Gasteiger partial charge in [0.1, 0.15) is 13.2 Å². The monoisotopic (exact) mass is 368 g/mol. The van der Waals surface area contributed by atoms with Crippen LogP contribution >= 0.6 is 0 Å². The molecule has 2 heterocycles. The number of nitrogens with zero attached hydrogens (tertiary/aromatic N) is 1. The predicted octanol–water partition coefficient (Wildman–Crippen LogP) is 2.79. The molecule has 27 heavy (non-hydrogen) atoms.